The highest BCUT2D eigenvalue weighted by Gasteiger charge is 2.16. The lowest BCUT2D eigenvalue weighted by Crippen LogP contribution is -2.00. The fraction of sp³-hybridized carbons (Fsp3) is 0.286. The van der Waals surface area contributed by atoms with Crippen LogP contribution >= 0.6 is 0 Å². The second-order valence-corrected chi connectivity index (χ2v) is 4.43. The molecule has 1 aromatic heterocycles. The zero-order chi connectivity index (χ0) is 13.4. The summed E-state index contributed by atoms with van der Waals surface area (Å²) in [4.78, 5) is 15.4. The highest BCUT2D eigenvalue weighted by molar-refractivity contribution is 5.86. The van der Waals surface area contributed by atoms with Gasteiger partial charge in [0.05, 0.1) is 5.52 Å². The van der Waals surface area contributed by atoms with Crippen LogP contribution in [0.15, 0.2) is 18.2 Å². The molecule has 0 saturated carbocycles. The number of hydrogen-bond acceptors (Lipinski definition) is 5. The third-order valence-electron chi connectivity index (χ3n) is 2.95. The third-order valence-corrected chi connectivity index (χ3v) is 2.95. The molecule has 3 rings (SSSR count). The lowest BCUT2D eigenvalue weighted by atomic mass is 10.1. The predicted molar refractivity (Wildman–Crippen MR) is 68.1 cm³/mol. The van der Waals surface area contributed by atoms with E-state index in [4.69, 9.17) is 14.2 Å². The van der Waals surface area contributed by atoms with E-state index in [-0.39, 0.29) is 19.4 Å². The molecule has 1 aliphatic heterocycles. The van der Waals surface area contributed by atoms with E-state index in [9.17, 15) is 4.79 Å². The molecule has 2 aromatic rings. The SMILES string of the molecule is CC(=O)OCc1cc(C)nc2cc3c(cc12)OCO3. The maximum Gasteiger partial charge on any atom is 0.302 e. The largest absolute Gasteiger partial charge is 0.461 e. The summed E-state index contributed by atoms with van der Waals surface area (Å²) in [5, 5.41) is 0.913. The van der Waals surface area contributed by atoms with Crippen LogP contribution in [-0.4, -0.2) is 17.7 Å². The average Bonchev–Trinajstić information content (AvgIpc) is 2.80. The zero-order valence-corrected chi connectivity index (χ0v) is 10.7. The van der Waals surface area contributed by atoms with Gasteiger partial charge in [0.15, 0.2) is 11.5 Å². The van der Waals surface area contributed by atoms with Crippen LogP contribution in [-0.2, 0) is 16.1 Å². The molecule has 0 aliphatic carbocycles. The molecule has 5 heteroatoms. The first kappa shape index (κ1) is 11.8. The number of ether oxygens (including phenoxy) is 3. The fourth-order valence-electron chi connectivity index (χ4n) is 2.13. The standard InChI is InChI=1S/C14H13NO4/c1-8-3-10(6-17-9(2)16)11-4-13-14(19-7-18-13)5-12(11)15-8/h3-5H,6-7H2,1-2H3. The van der Waals surface area contributed by atoms with Crippen molar-refractivity contribution in [2.24, 2.45) is 0 Å². The highest BCUT2D eigenvalue weighted by Crippen LogP contribution is 2.36. The molecule has 0 unspecified atom stereocenters. The third kappa shape index (κ3) is 2.19. The molecule has 0 amide bonds. The van der Waals surface area contributed by atoms with Crippen LogP contribution < -0.4 is 9.47 Å². The summed E-state index contributed by atoms with van der Waals surface area (Å²) in [5.41, 5.74) is 2.59. The van der Waals surface area contributed by atoms with E-state index in [1.54, 1.807) is 0 Å². The maximum absolute atomic E-state index is 10.9. The summed E-state index contributed by atoms with van der Waals surface area (Å²) in [7, 11) is 0. The van der Waals surface area contributed by atoms with Gasteiger partial charge in [-0.05, 0) is 19.1 Å². The van der Waals surface area contributed by atoms with Crippen molar-refractivity contribution in [1.29, 1.82) is 0 Å². The molecule has 5 nitrogen and oxygen atoms in total. The Morgan fingerprint density at radius 3 is 2.79 bits per heavy atom. The molecule has 0 saturated heterocycles. The van der Waals surface area contributed by atoms with E-state index in [0.717, 1.165) is 22.2 Å². The summed E-state index contributed by atoms with van der Waals surface area (Å²) in [5.74, 6) is 1.09. The smallest absolute Gasteiger partial charge is 0.302 e. The first-order chi connectivity index (χ1) is 9.13. The van der Waals surface area contributed by atoms with Crippen LogP contribution in [0.4, 0.5) is 0 Å². The van der Waals surface area contributed by atoms with Crippen molar-refractivity contribution in [3.8, 4) is 11.5 Å². The number of nitrogens with zero attached hydrogens (tertiary/aromatic N) is 1. The highest BCUT2D eigenvalue weighted by atomic mass is 16.7. The van der Waals surface area contributed by atoms with Crippen LogP contribution in [0.3, 0.4) is 0 Å². The van der Waals surface area contributed by atoms with Gasteiger partial charge in [0, 0.05) is 29.6 Å². The first-order valence-corrected chi connectivity index (χ1v) is 5.97. The van der Waals surface area contributed by atoms with Crippen LogP contribution in [0.1, 0.15) is 18.2 Å². The Labute approximate surface area is 110 Å². The van der Waals surface area contributed by atoms with Gasteiger partial charge in [0.1, 0.15) is 6.61 Å². The van der Waals surface area contributed by atoms with E-state index in [1.165, 1.54) is 6.92 Å². The Morgan fingerprint density at radius 1 is 1.32 bits per heavy atom. The minimum atomic E-state index is -0.302. The first-order valence-electron chi connectivity index (χ1n) is 5.97. The van der Waals surface area contributed by atoms with E-state index < -0.39 is 0 Å². The van der Waals surface area contributed by atoms with Crippen molar-refractivity contribution < 1.29 is 19.0 Å². The van der Waals surface area contributed by atoms with Gasteiger partial charge in [-0.1, -0.05) is 0 Å². The number of pyridine rings is 1. The normalized spacial score (nSPS) is 12.7. The second kappa shape index (κ2) is 4.42. The van der Waals surface area contributed by atoms with Crippen molar-refractivity contribution in [2.75, 3.05) is 6.79 Å². The van der Waals surface area contributed by atoms with Gasteiger partial charge in [-0.15, -0.1) is 0 Å². The fourth-order valence-corrected chi connectivity index (χ4v) is 2.13. The minimum Gasteiger partial charge on any atom is -0.461 e. The molecule has 2 heterocycles. The summed E-state index contributed by atoms with van der Waals surface area (Å²) < 4.78 is 15.8. The Bertz CT molecular complexity index is 666. The number of fused-ring (bicyclic) bond motifs is 2. The maximum atomic E-state index is 10.9. The van der Waals surface area contributed by atoms with Crippen LogP contribution in [0.5, 0.6) is 11.5 Å². The molecular weight excluding hydrogens is 246 g/mol. The number of esters is 1. The zero-order valence-electron chi connectivity index (χ0n) is 10.7. The topological polar surface area (TPSA) is 57.7 Å². The lowest BCUT2D eigenvalue weighted by Gasteiger charge is -2.09. The molecule has 0 spiro atoms. The molecule has 1 aromatic carbocycles. The van der Waals surface area contributed by atoms with Crippen LogP contribution in [0.2, 0.25) is 0 Å². The Hall–Kier alpha value is -2.30. The summed E-state index contributed by atoms with van der Waals surface area (Å²) in [6.45, 7) is 3.75. The minimum absolute atomic E-state index is 0.226. The van der Waals surface area contributed by atoms with E-state index >= 15 is 0 Å². The Kier molecular flexibility index (Phi) is 2.74. The van der Waals surface area contributed by atoms with Crippen LogP contribution in [0, 0.1) is 6.92 Å². The van der Waals surface area contributed by atoms with Gasteiger partial charge in [0.2, 0.25) is 6.79 Å². The van der Waals surface area contributed by atoms with Gasteiger partial charge >= 0.3 is 5.97 Å². The molecule has 0 fully saturated rings. The van der Waals surface area contributed by atoms with Crippen molar-refractivity contribution in [3.63, 3.8) is 0 Å². The van der Waals surface area contributed by atoms with Gasteiger partial charge in [-0.2, -0.15) is 0 Å². The molecule has 98 valence electrons. The molecule has 0 bridgehead atoms. The van der Waals surface area contributed by atoms with E-state index in [2.05, 4.69) is 4.98 Å². The van der Waals surface area contributed by atoms with Crippen molar-refractivity contribution in [3.05, 3.63) is 29.5 Å². The van der Waals surface area contributed by atoms with Crippen molar-refractivity contribution in [2.45, 2.75) is 20.5 Å². The molecular formula is C14H13NO4. The number of benzene rings is 1. The van der Waals surface area contributed by atoms with Gasteiger partial charge < -0.3 is 14.2 Å². The van der Waals surface area contributed by atoms with E-state index in [0.29, 0.717) is 11.5 Å². The lowest BCUT2D eigenvalue weighted by molar-refractivity contribution is -0.142. The molecule has 0 N–H and O–H groups in total. The second-order valence-electron chi connectivity index (χ2n) is 4.43. The molecule has 19 heavy (non-hydrogen) atoms. The van der Waals surface area contributed by atoms with Gasteiger partial charge in [-0.25, -0.2) is 0 Å². The summed E-state index contributed by atoms with van der Waals surface area (Å²) in [6, 6.07) is 5.64. The number of aromatic nitrogens is 1. The molecule has 0 atom stereocenters. The van der Waals surface area contributed by atoms with Gasteiger partial charge in [0.25, 0.3) is 0 Å². The average molecular weight is 259 g/mol. The molecule has 0 radical (unpaired) electrons. The predicted octanol–water partition coefficient (Wildman–Crippen LogP) is 2.34. The monoisotopic (exact) mass is 259 g/mol. The number of aryl methyl sites for hydroxylation is 1. The van der Waals surface area contributed by atoms with Crippen LogP contribution in [0.25, 0.3) is 10.9 Å². The van der Waals surface area contributed by atoms with Gasteiger partial charge in [-0.3, -0.25) is 9.78 Å². The quantitative estimate of drug-likeness (QED) is 0.775. The van der Waals surface area contributed by atoms with Crippen molar-refractivity contribution >= 4 is 16.9 Å². The number of carbonyl (C=O) groups is 1. The van der Waals surface area contributed by atoms with Crippen molar-refractivity contribution in [1.82, 2.24) is 4.98 Å². The summed E-state index contributed by atoms with van der Waals surface area (Å²) >= 11 is 0. The number of hydrogen-bond donors (Lipinski definition) is 0. The van der Waals surface area contributed by atoms with E-state index in [1.807, 2.05) is 25.1 Å². The Morgan fingerprint density at radius 2 is 2.05 bits per heavy atom. The Balaban J connectivity index is 2.12. The number of carbonyl (C=O) groups excluding carboxylic acids is 1. The summed E-state index contributed by atoms with van der Waals surface area (Å²) in [6.07, 6.45) is 0. The molecule has 1 aliphatic rings. The number of rotatable bonds is 2.